The number of epoxide rings is 1. The molecule has 0 bridgehead atoms. The zero-order valence-corrected chi connectivity index (χ0v) is 5.76. The van der Waals surface area contributed by atoms with E-state index in [1.807, 2.05) is 0 Å². The Morgan fingerprint density at radius 2 is 2.10 bits per heavy atom. The van der Waals surface area contributed by atoms with E-state index in [-0.39, 0.29) is 13.9 Å². The van der Waals surface area contributed by atoms with Gasteiger partial charge in [0.05, 0.1) is 12.2 Å². The summed E-state index contributed by atoms with van der Waals surface area (Å²) in [4.78, 5) is 8.36. The van der Waals surface area contributed by atoms with Gasteiger partial charge in [0, 0.05) is 0 Å². The number of carboxylic acid groups (broad SMARTS) is 1. The molecule has 62 valence electrons. The van der Waals surface area contributed by atoms with Gasteiger partial charge in [-0.15, -0.1) is 0 Å². The molecular weight excluding hydrogens is 132 g/mol. The van der Waals surface area contributed by atoms with Crippen LogP contribution in [0.3, 0.4) is 0 Å². The summed E-state index contributed by atoms with van der Waals surface area (Å²) in [5, 5.41) is 6.89. The van der Waals surface area contributed by atoms with Crippen molar-refractivity contribution < 1.29 is 14.6 Å². The second-order valence-corrected chi connectivity index (χ2v) is 2.20. The van der Waals surface area contributed by atoms with Crippen molar-refractivity contribution in [1.29, 1.82) is 0 Å². The second kappa shape index (κ2) is 5.23. The molecule has 0 amide bonds. The van der Waals surface area contributed by atoms with Gasteiger partial charge in [-0.2, -0.15) is 0 Å². The molecule has 1 unspecified atom stereocenters. The molecule has 1 aliphatic rings. The lowest BCUT2D eigenvalue weighted by Crippen LogP contribution is -1.98. The summed E-state index contributed by atoms with van der Waals surface area (Å²) in [5.74, 6) is 0. The van der Waals surface area contributed by atoms with Gasteiger partial charge in [-0.3, -0.25) is 4.79 Å². The first-order valence-corrected chi connectivity index (χ1v) is 2.90. The first-order valence-electron chi connectivity index (χ1n) is 2.90. The van der Waals surface area contributed by atoms with Gasteiger partial charge in [-0.05, 0) is 13.3 Å². The summed E-state index contributed by atoms with van der Waals surface area (Å²) in [5.41, 5.74) is 0.292. The number of hydrogen-bond acceptors (Lipinski definition) is 2. The fourth-order valence-electron chi connectivity index (χ4n) is 0.327. The summed E-state index contributed by atoms with van der Waals surface area (Å²) in [6.07, 6.45) is 1.16. The maximum absolute atomic E-state index is 8.36. The Bertz CT molecular complexity index is 86.9. The van der Waals surface area contributed by atoms with Crippen molar-refractivity contribution in [1.82, 2.24) is 0 Å². The van der Waals surface area contributed by atoms with Gasteiger partial charge in [0.25, 0.3) is 6.47 Å². The largest absolute Gasteiger partial charge is 0.483 e. The molecule has 0 spiro atoms. The molecule has 3 heteroatoms. The van der Waals surface area contributed by atoms with E-state index in [0.717, 1.165) is 13.0 Å². The summed E-state index contributed by atoms with van der Waals surface area (Å²) in [6, 6.07) is 0. The quantitative estimate of drug-likeness (QED) is 0.453. The average Bonchev–Trinajstić information content (AvgIpc) is 2.52. The van der Waals surface area contributed by atoms with E-state index in [9.17, 15) is 0 Å². The van der Waals surface area contributed by atoms with E-state index < -0.39 is 0 Å². The predicted molar refractivity (Wildman–Crippen MR) is 40.1 cm³/mol. The molecule has 1 heterocycles. The van der Waals surface area contributed by atoms with Crippen LogP contribution in [0, 0.1) is 0 Å². The Kier molecular flexibility index (Phi) is 6.35. The monoisotopic (exact) mass is 148 g/mol. The smallest absolute Gasteiger partial charge is 0.290 e. The minimum atomic E-state index is -0.250. The van der Waals surface area contributed by atoms with Gasteiger partial charge in [0.1, 0.15) is 0 Å². The molecule has 0 saturated carbocycles. The van der Waals surface area contributed by atoms with E-state index >= 15 is 0 Å². The summed E-state index contributed by atoms with van der Waals surface area (Å²) in [7, 11) is 0. The van der Waals surface area contributed by atoms with Crippen LogP contribution in [-0.2, 0) is 9.53 Å². The number of ether oxygens (including phenoxy) is 1. The Hall–Kier alpha value is -0.570. The minimum absolute atomic E-state index is 0. The van der Waals surface area contributed by atoms with E-state index in [4.69, 9.17) is 14.6 Å². The maximum atomic E-state index is 8.36. The molecule has 0 aromatic carbocycles. The summed E-state index contributed by atoms with van der Waals surface area (Å²) < 4.78 is 5.05. The molecule has 0 radical (unpaired) electrons. The summed E-state index contributed by atoms with van der Waals surface area (Å²) >= 11 is 0. The molecule has 1 rings (SSSR count). The van der Waals surface area contributed by atoms with Crippen LogP contribution in [0.1, 0.15) is 27.7 Å². The minimum Gasteiger partial charge on any atom is -0.483 e. The Balaban J connectivity index is 0. The van der Waals surface area contributed by atoms with Crippen molar-refractivity contribution in [2.75, 3.05) is 6.61 Å². The van der Waals surface area contributed by atoms with Crippen LogP contribution in [0.4, 0.5) is 0 Å². The normalized spacial score (nSPS) is 27.0. The van der Waals surface area contributed by atoms with Crippen LogP contribution in [0.15, 0.2) is 0 Å². The van der Waals surface area contributed by atoms with Crippen LogP contribution in [0.25, 0.3) is 0 Å². The molecule has 0 aromatic rings. The Morgan fingerprint density at radius 3 is 2.10 bits per heavy atom. The molecule has 1 aliphatic heterocycles. The second-order valence-electron chi connectivity index (χ2n) is 2.20. The van der Waals surface area contributed by atoms with Crippen molar-refractivity contribution in [2.24, 2.45) is 0 Å². The lowest BCUT2D eigenvalue weighted by molar-refractivity contribution is -0.122. The predicted octanol–water partition coefficient (Wildman–Crippen LogP) is 1.52. The number of carbonyl (C=O) groups is 1. The van der Waals surface area contributed by atoms with Crippen molar-refractivity contribution >= 4 is 6.47 Å². The highest BCUT2D eigenvalue weighted by Crippen LogP contribution is 2.28. The fourth-order valence-corrected chi connectivity index (χ4v) is 0.327. The zero-order valence-electron chi connectivity index (χ0n) is 5.76. The van der Waals surface area contributed by atoms with Crippen LogP contribution < -0.4 is 0 Å². The molecule has 10 heavy (non-hydrogen) atoms. The van der Waals surface area contributed by atoms with Crippen molar-refractivity contribution in [2.45, 2.75) is 33.3 Å². The maximum Gasteiger partial charge on any atom is 0.290 e. The summed E-state index contributed by atoms with van der Waals surface area (Å²) in [6.45, 7) is 5.00. The van der Waals surface area contributed by atoms with Crippen LogP contribution in [-0.4, -0.2) is 23.8 Å². The Morgan fingerprint density at radius 1 is 1.80 bits per heavy atom. The average molecular weight is 148 g/mol. The third kappa shape index (κ3) is 5.56. The van der Waals surface area contributed by atoms with Gasteiger partial charge < -0.3 is 9.84 Å². The van der Waals surface area contributed by atoms with Crippen LogP contribution in [0.5, 0.6) is 0 Å². The fraction of sp³-hybridized carbons (Fsp3) is 0.857. The molecule has 1 atom stereocenters. The topological polar surface area (TPSA) is 49.8 Å². The molecule has 3 nitrogen and oxygen atoms in total. The van der Waals surface area contributed by atoms with Crippen LogP contribution >= 0.6 is 0 Å². The standard InChI is InChI=1S/C5H10O.CH2O2.CH4/c1-3-5(2)4-6-5;2-1-3;/h3-4H2,1-2H3;1H,(H,2,3);1H4. The molecular formula is C7H16O3. The van der Waals surface area contributed by atoms with Crippen molar-refractivity contribution in [3.8, 4) is 0 Å². The lowest BCUT2D eigenvalue weighted by atomic mass is 10.1. The van der Waals surface area contributed by atoms with E-state index in [1.54, 1.807) is 0 Å². The highest BCUT2D eigenvalue weighted by Gasteiger charge is 2.36. The van der Waals surface area contributed by atoms with Gasteiger partial charge in [-0.25, -0.2) is 0 Å². The number of hydrogen-bond donors (Lipinski definition) is 1. The van der Waals surface area contributed by atoms with Gasteiger partial charge in [0.2, 0.25) is 0 Å². The van der Waals surface area contributed by atoms with Gasteiger partial charge >= 0.3 is 0 Å². The molecule has 0 aliphatic carbocycles. The van der Waals surface area contributed by atoms with E-state index in [2.05, 4.69) is 13.8 Å². The van der Waals surface area contributed by atoms with Gasteiger partial charge in [-0.1, -0.05) is 14.4 Å². The molecule has 1 saturated heterocycles. The third-order valence-electron chi connectivity index (χ3n) is 1.39. The Labute approximate surface area is 62.0 Å². The highest BCUT2D eigenvalue weighted by atomic mass is 16.6. The van der Waals surface area contributed by atoms with Crippen molar-refractivity contribution in [3.63, 3.8) is 0 Å². The molecule has 1 N–H and O–H groups in total. The first-order chi connectivity index (χ1) is 4.18. The molecule has 0 aromatic heterocycles. The lowest BCUT2D eigenvalue weighted by Gasteiger charge is -1.92. The first kappa shape index (κ1) is 12.1. The SMILES string of the molecule is C.CCC1(C)CO1.O=CO. The van der Waals surface area contributed by atoms with E-state index in [0.29, 0.717) is 5.60 Å². The zero-order chi connectivity index (χ0) is 7.33. The number of rotatable bonds is 1. The molecule has 1 fully saturated rings. The third-order valence-corrected chi connectivity index (χ3v) is 1.39. The van der Waals surface area contributed by atoms with Crippen molar-refractivity contribution in [3.05, 3.63) is 0 Å². The van der Waals surface area contributed by atoms with Gasteiger partial charge in [0.15, 0.2) is 0 Å². The van der Waals surface area contributed by atoms with Crippen LogP contribution in [0.2, 0.25) is 0 Å². The highest BCUT2D eigenvalue weighted by molar-refractivity contribution is 5.32. The van der Waals surface area contributed by atoms with E-state index in [1.165, 1.54) is 0 Å².